The van der Waals surface area contributed by atoms with Gasteiger partial charge in [0.25, 0.3) is 5.91 Å². The predicted molar refractivity (Wildman–Crippen MR) is 89.6 cm³/mol. The molecule has 2 atom stereocenters. The Hall–Kier alpha value is -2.24. The zero-order valence-corrected chi connectivity index (χ0v) is 14.4. The third-order valence-corrected chi connectivity index (χ3v) is 4.30. The standard InChI is InChI=1S/C18H25NO5/c1-4-23-15-7-6-13(10-16(15)24-5-2)17(20)19-9-8-14(18(21)22)12(3)11-19/h6-7,10,12,14H,4-5,8-9,11H2,1-3H3,(H,21,22). The summed E-state index contributed by atoms with van der Waals surface area (Å²) < 4.78 is 11.1. The number of hydrogen-bond acceptors (Lipinski definition) is 4. The van der Waals surface area contributed by atoms with E-state index in [-0.39, 0.29) is 17.7 Å². The molecule has 132 valence electrons. The van der Waals surface area contributed by atoms with Crippen molar-refractivity contribution in [1.82, 2.24) is 4.90 Å². The zero-order chi connectivity index (χ0) is 17.7. The van der Waals surface area contributed by atoms with Crippen LogP contribution in [0.3, 0.4) is 0 Å². The first-order chi connectivity index (χ1) is 11.5. The number of carbonyl (C=O) groups is 2. The van der Waals surface area contributed by atoms with Gasteiger partial charge in [0.15, 0.2) is 11.5 Å². The van der Waals surface area contributed by atoms with Gasteiger partial charge in [-0.15, -0.1) is 0 Å². The monoisotopic (exact) mass is 335 g/mol. The molecule has 1 N–H and O–H groups in total. The van der Waals surface area contributed by atoms with E-state index in [1.54, 1.807) is 23.1 Å². The van der Waals surface area contributed by atoms with E-state index in [2.05, 4.69) is 0 Å². The number of hydrogen-bond donors (Lipinski definition) is 1. The van der Waals surface area contributed by atoms with E-state index >= 15 is 0 Å². The molecule has 24 heavy (non-hydrogen) atoms. The van der Waals surface area contributed by atoms with Crippen LogP contribution in [0.2, 0.25) is 0 Å². The van der Waals surface area contributed by atoms with Gasteiger partial charge in [-0.2, -0.15) is 0 Å². The van der Waals surface area contributed by atoms with Gasteiger partial charge in [-0.3, -0.25) is 9.59 Å². The quantitative estimate of drug-likeness (QED) is 0.865. The summed E-state index contributed by atoms with van der Waals surface area (Å²) in [6.45, 7) is 7.56. The Labute approximate surface area is 142 Å². The second-order valence-electron chi connectivity index (χ2n) is 5.99. The van der Waals surface area contributed by atoms with Gasteiger partial charge in [0, 0.05) is 18.7 Å². The smallest absolute Gasteiger partial charge is 0.306 e. The second kappa shape index (κ2) is 8.04. The number of ether oxygens (including phenoxy) is 2. The summed E-state index contributed by atoms with van der Waals surface area (Å²) in [6.07, 6.45) is 0.484. The van der Waals surface area contributed by atoms with Gasteiger partial charge in [0.1, 0.15) is 0 Å². The number of aliphatic carboxylic acids is 1. The van der Waals surface area contributed by atoms with Crippen LogP contribution in [0.5, 0.6) is 11.5 Å². The third kappa shape index (κ3) is 3.99. The molecule has 0 spiro atoms. The molecule has 1 heterocycles. The van der Waals surface area contributed by atoms with E-state index in [4.69, 9.17) is 9.47 Å². The minimum absolute atomic E-state index is 0.0609. The van der Waals surface area contributed by atoms with Crippen LogP contribution in [0.1, 0.15) is 37.6 Å². The van der Waals surface area contributed by atoms with E-state index in [9.17, 15) is 14.7 Å². The molecule has 0 saturated carbocycles. The van der Waals surface area contributed by atoms with Crippen molar-refractivity contribution in [3.8, 4) is 11.5 Å². The van der Waals surface area contributed by atoms with E-state index in [0.717, 1.165) is 0 Å². The van der Waals surface area contributed by atoms with Crippen LogP contribution in [0.15, 0.2) is 18.2 Å². The molecule has 6 heteroatoms. The highest BCUT2D eigenvalue weighted by atomic mass is 16.5. The maximum absolute atomic E-state index is 12.7. The first-order valence-electron chi connectivity index (χ1n) is 8.39. The summed E-state index contributed by atoms with van der Waals surface area (Å²) >= 11 is 0. The van der Waals surface area contributed by atoms with Gasteiger partial charge < -0.3 is 19.5 Å². The Bertz CT molecular complexity index is 601. The number of amides is 1. The fourth-order valence-electron chi connectivity index (χ4n) is 3.06. The molecular weight excluding hydrogens is 310 g/mol. The maximum atomic E-state index is 12.7. The fourth-order valence-corrected chi connectivity index (χ4v) is 3.06. The number of carboxylic acids is 1. The van der Waals surface area contributed by atoms with E-state index in [0.29, 0.717) is 49.8 Å². The van der Waals surface area contributed by atoms with Gasteiger partial charge in [-0.1, -0.05) is 6.92 Å². The molecule has 0 aliphatic carbocycles. The highest BCUT2D eigenvalue weighted by Crippen LogP contribution is 2.30. The number of benzene rings is 1. The van der Waals surface area contributed by atoms with Crippen LogP contribution in [-0.2, 0) is 4.79 Å². The van der Waals surface area contributed by atoms with Gasteiger partial charge in [0.05, 0.1) is 19.1 Å². The molecule has 0 radical (unpaired) electrons. The Kier molecular flexibility index (Phi) is 6.06. The first kappa shape index (κ1) is 18.1. The van der Waals surface area contributed by atoms with Crippen LogP contribution in [0.25, 0.3) is 0 Å². The number of carbonyl (C=O) groups excluding carboxylic acids is 1. The first-order valence-corrected chi connectivity index (χ1v) is 8.39. The summed E-state index contributed by atoms with van der Waals surface area (Å²) in [5.41, 5.74) is 0.530. The van der Waals surface area contributed by atoms with E-state index < -0.39 is 5.97 Å². The van der Waals surface area contributed by atoms with Crippen molar-refractivity contribution in [2.45, 2.75) is 27.2 Å². The topological polar surface area (TPSA) is 76.1 Å². The minimum atomic E-state index is -0.783. The SMILES string of the molecule is CCOc1ccc(C(=O)N2CCC(C(=O)O)C(C)C2)cc1OCC. The van der Waals surface area contributed by atoms with Crippen molar-refractivity contribution in [1.29, 1.82) is 0 Å². The van der Waals surface area contributed by atoms with Gasteiger partial charge in [-0.05, 0) is 44.4 Å². The van der Waals surface area contributed by atoms with Crippen LogP contribution in [-0.4, -0.2) is 48.2 Å². The minimum Gasteiger partial charge on any atom is -0.490 e. The number of nitrogens with zero attached hydrogens (tertiary/aromatic N) is 1. The number of piperidine rings is 1. The largest absolute Gasteiger partial charge is 0.490 e. The van der Waals surface area contributed by atoms with Crippen molar-refractivity contribution in [2.75, 3.05) is 26.3 Å². The van der Waals surface area contributed by atoms with Gasteiger partial charge in [0.2, 0.25) is 0 Å². The van der Waals surface area contributed by atoms with Crippen molar-refractivity contribution in [2.24, 2.45) is 11.8 Å². The van der Waals surface area contributed by atoms with Crippen LogP contribution in [0, 0.1) is 11.8 Å². The lowest BCUT2D eigenvalue weighted by Crippen LogP contribution is -2.45. The summed E-state index contributed by atoms with van der Waals surface area (Å²) in [5, 5.41) is 9.19. The zero-order valence-electron chi connectivity index (χ0n) is 14.4. The summed E-state index contributed by atoms with van der Waals surface area (Å²) in [4.78, 5) is 25.6. The molecule has 1 aromatic carbocycles. The van der Waals surface area contributed by atoms with Crippen molar-refractivity contribution in [3.63, 3.8) is 0 Å². The summed E-state index contributed by atoms with van der Waals surface area (Å²) in [5.74, 6) is -0.154. The predicted octanol–water partition coefficient (Wildman–Crippen LogP) is 2.67. The lowest BCUT2D eigenvalue weighted by atomic mass is 9.87. The third-order valence-electron chi connectivity index (χ3n) is 4.30. The number of carboxylic acid groups (broad SMARTS) is 1. The lowest BCUT2D eigenvalue weighted by molar-refractivity contribution is -0.145. The molecule has 0 aromatic heterocycles. The van der Waals surface area contributed by atoms with Crippen LogP contribution >= 0.6 is 0 Å². The average Bonchev–Trinajstić information content (AvgIpc) is 2.55. The fraction of sp³-hybridized carbons (Fsp3) is 0.556. The molecule has 1 fully saturated rings. The van der Waals surface area contributed by atoms with E-state index in [1.165, 1.54) is 0 Å². The molecule has 1 aliphatic rings. The Morgan fingerprint density at radius 2 is 1.88 bits per heavy atom. The van der Waals surface area contributed by atoms with Crippen LogP contribution in [0.4, 0.5) is 0 Å². The molecular formula is C18H25NO5. The molecule has 1 saturated heterocycles. The van der Waals surface area contributed by atoms with Gasteiger partial charge >= 0.3 is 5.97 Å². The Balaban J connectivity index is 2.15. The lowest BCUT2D eigenvalue weighted by Gasteiger charge is -2.35. The Morgan fingerprint density at radius 1 is 1.21 bits per heavy atom. The number of rotatable bonds is 6. The summed E-state index contributed by atoms with van der Waals surface area (Å²) in [7, 11) is 0. The van der Waals surface area contributed by atoms with Crippen molar-refractivity contribution < 1.29 is 24.2 Å². The second-order valence-corrected chi connectivity index (χ2v) is 5.99. The molecule has 1 aliphatic heterocycles. The Morgan fingerprint density at radius 3 is 2.46 bits per heavy atom. The average molecular weight is 335 g/mol. The van der Waals surface area contributed by atoms with Crippen molar-refractivity contribution >= 4 is 11.9 Å². The molecule has 6 nitrogen and oxygen atoms in total. The highest BCUT2D eigenvalue weighted by Gasteiger charge is 2.33. The molecule has 1 aromatic rings. The van der Waals surface area contributed by atoms with E-state index in [1.807, 2.05) is 20.8 Å². The van der Waals surface area contributed by atoms with Gasteiger partial charge in [-0.25, -0.2) is 0 Å². The highest BCUT2D eigenvalue weighted by molar-refractivity contribution is 5.95. The summed E-state index contributed by atoms with van der Waals surface area (Å²) in [6, 6.07) is 5.17. The molecule has 2 rings (SSSR count). The van der Waals surface area contributed by atoms with Crippen molar-refractivity contribution in [3.05, 3.63) is 23.8 Å². The number of likely N-dealkylation sites (tertiary alicyclic amines) is 1. The maximum Gasteiger partial charge on any atom is 0.306 e. The van der Waals surface area contributed by atoms with Crippen LogP contribution < -0.4 is 9.47 Å². The molecule has 1 amide bonds. The molecule has 2 unspecified atom stereocenters. The molecule has 0 bridgehead atoms. The normalized spacial score (nSPS) is 20.5.